The number of carbonyl (C=O) groups excluding carboxylic acids is 2. The Balaban J connectivity index is 0.000000172. The average molecular weight is 819 g/mol. The van der Waals surface area contributed by atoms with E-state index in [-0.39, 0.29) is 35.4 Å². The largest absolute Gasteiger partial charge is 0.468 e. The summed E-state index contributed by atoms with van der Waals surface area (Å²) in [6.45, 7) is 4.05. The van der Waals surface area contributed by atoms with Crippen LogP contribution >= 0.6 is 0 Å². The maximum absolute atomic E-state index is 12.3. The van der Waals surface area contributed by atoms with Crippen LogP contribution in [0.1, 0.15) is 40.7 Å². The van der Waals surface area contributed by atoms with E-state index in [2.05, 4.69) is 9.73 Å². The second-order valence-corrected chi connectivity index (χ2v) is 15.2. The lowest BCUT2D eigenvalue weighted by atomic mass is 9.97. The van der Waals surface area contributed by atoms with Crippen LogP contribution in [-0.4, -0.2) is 91.1 Å². The molecule has 0 saturated carbocycles. The molecule has 2 fully saturated rings. The maximum atomic E-state index is 12.3. The Morgan fingerprint density at radius 3 is 1.54 bits per heavy atom. The molecule has 0 aliphatic carbocycles. The van der Waals surface area contributed by atoms with Crippen molar-refractivity contribution >= 4 is 33.5 Å². The molecule has 2 saturated heterocycles. The average Bonchev–Trinajstić information content (AvgIpc) is 4.01. The van der Waals surface area contributed by atoms with Crippen LogP contribution in [0.5, 0.6) is 0 Å². The molecular weight excluding hydrogens is 769 g/mol. The first-order valence-electron chi connectivity index (χ1n) is 19.3. The molecule has 0 amide bonds. The van der Waals surface area contributed by atoms with Gasteiger partial charge in [0, 0.05) is 47.8 Å². The summed E-state index contributed by atoms with van der Waals surface area (Å²) >= 11 is 0. The van der Waals surface area contributed by atoms with Crippen molar-refractivity contribution in [3.05, 3.63) is 173 Å². The molecule has 2 heterocycles. The fraction of sp³-hybridized carbons (Fsp3) is 0.277. The topological polar surface area (TPSA) is 139 Å². The van der Waals surface area contributed by atoms with Crippen LogP contribution in [-0.2, 0) is 42.8 Å². The molecule has 12 heteroatoms. The minimum atomic E-state index is -3.64. The third-order valence-corrected chi connectivity index (χ3v) is 10.7. The fourth-order valence-electron chi connectivity index (χ4n) is 6.20. The van der Waals surface area contributed by atoms with Crippen LogP contribution in [0.25, 0.3) is 0 Å². The van der Waals surface area contributed by atoms with Gasteiger partial charge < -0.3 is 18.9 Å². The van der Waals surface area contributed by atoms with Crippen LogP contribution in [0, 0.1) is 12.8 Å². The van der Waals surface area contributed by atoms with Crippen molar-refractivity contribution in [3.8, 4) is 0 Å². The quantitative estimate of drug-likeness (QED) is 0.0722. The minimum absolute atomic E-state index is 0.0234. The van der Waals surface area contributed by atoms with Crippen molar-refractivity contribution in [3.63, 3.8) is 0 Å². The van der Waals surface area contributed by atoms with Gasteiger partial charge in [0.2, 0.25) is 0 Å². The minimum Gasteiger partial charge on any atom is -0.468 e. The van der Waals surface area contributed by atoms with E-state index in [1.807, 2.05) is 128 Å². The van der Waals surface area contributed by atoms with Gasteiger partial charge in [-0.25, -0.2) is 4.79 Å². The van der Waals surface area contributed by atoms with E-state index < -0.39 is 16.2 Å². The lowest BCUT2D eigenvalue weighted by Gasteiger charge is -2.18. The number of hydrogen-bond donors (Lipinski definition) is 0. The summed E-state index contributed by atoms with van der Waals surface area (Å²) < 4.78 is 48.9. The molecule has 5 aromatic rings. The number of benzene rings is 5. The Kier molecular flexibility index (Phi) is 17.3. The standard InChI is InChI=1S/C20H21NO3.C16H15NO2.C11H14O4S/c1-23-20(22)19(17-12-13-24-14-17)21-18(15-8-4-2-5-9-15)16-10-6-3-7-11-16;1-19-15(18)12-17-16(13-8-4-2-5-9-13)14-10-6-3-7-11-14;1-9-2-4-11(5-3-9)16(12,13)15-10-6-7-14-8-10/h2-11,17,19H,12-14H2,1H3;2-11H,12H2,1H3;2-5,10H,6-8H2,1H3. The van der Waals surface area contributed by atoms with Gasteiger partial charge in [0.25, 0.3) is 10.1 Å². The summed E-state index contributed by atoms with van der Waals surface area (Å²) in [5.74, 6) is -0.598. The van der Waals surface area contributed by atoms with Crippen molar-refractivity contribution in [2.24, 2.45) is 15.9 Å². The molecule has 2 aliphatic rings. The summed E-state index contributed by atoms with van der Waals surface area (Å²) in [6.07, 6.45) is 1.11. The molecule has 308 valence electrons. The number of esters is 2. The molecule has 0 radical (unpaired) electrons. The summed E-state index contributed by atoms with van der Waals surface area (Å²) in [5, 5.41) is 0. The second kappa shape index (κ2) is 23.0. The molecule has 0 aromatic heterocycles. The van der Waals surface area contributed by atoms with Gasteiger partial charge in [-0.05, 0) is 25.5 Å². The van der Waals surface area contributed by atoms with E-state index in [9.17, 15) is 18.0 Å². The van der Waals surface area contributed by atoms with Crippen LogP contribution < -0.4 is 0 Å². The number of rotatable bonds is 12. The van der Waals surface area contributed by atoms with Crippen LogP contribution in [0.15, 0.2) is 160 Å². The molecule has 59 heavy (non-hydrogen) atoms. The Labute approximate surface area is 346 Å². The Hall–Kier alpha value is -5.79. The van der Waals surface area contributed by atoms with E-state index in [0.717, 1.165) is 45.7 Å². The van der Waals surface area contributed by atoms with Gasteiger partial charge in [-0.15, -0.1) is 0 Å². The number of ether oxygens (including phenoxy) is 4. The Morgan fingerprint density at radius 2 is 1.12 bits per heavy atom. The Morgan fingerprint density at radius 1 is 0.644 bits per heavy atom. The highest BCUT2D eigenvalue weighted by atomic mass is 32.2. The predicted molar refractivity (Wildman–Crippen MR) is 227 cm³/mol. The van der Waals surface area contributed by atoms with Crippen molar-refractivity contribution in [2.45, 2.75) is 36.8 Å². The number of aliphatic imine (C=N–C) groups is 2. The maximum Gasteiger partial charge on any atom is 0.330 e. The molecule has 3 unspecified atom stereocenters. The zero-order valence-electron chi connectivity index (χ0n) is 33.5. The molecule has 2 aliphatic heterocycles. The molecule has 0 spiro atoms. The fourth-order valence-corrected chi connectivity index (χ4v) is 7.29. The lowest BCUT2D eigenvalue weighted by Crippen LogP contribution is -2.31. The van der Waals surface area contributed by atoms with E-state index in [1.165, 1.54) is 14.2 Å². The van der Waals surface area contributed by atoms with Gasteiger partial charge in [-0.1, -0.05) is 139 Å². The van der Waals surface area contributed by atoms with Crippen LogP contribution in [0.2, 0.25) is 0 Å². The van der Waals surface area contributed by atoms with Crippen molar-refractivity contribution in [2.75, 3.05) is 47.2 Å². The molecular formula is C47H50N2O9S. The third-order valence-electron chi connectivity index (χ3n) is 9.37. The summed E-state index contributed by atoms with van der Waals surface area (Å²) in [5.41, 5.74) is 6.55. The van der Waals surface area contributed by atoms with E-state index in [4.69, 9.17) is 23.4 Å². The monoisotopic (exact) mass is 818 g/mol. The van der Waals surface area contributed by atoms with Crippen LogP contribution in [0.3, 0.4) is 0 Å². The van der Waals surface area contributed by atoms with Gasteiger partial charge >= 0.3 is 11.9 Å². The highest BCUT2D eigenvalue weighted by Gasteiger charge is 2.32. The third kappa shape index (κ3) is 13.6. The van der Waals surface area contributed by atoms with Gasteiger partial charge in [0.1, 0.15) is 12.6 Å². The smallest absolute Gasteiger partial charge is 0.330 e. The van der Waals surface area contributed by atoms with Gasteiger partial charge in [-0.3, -0.25) is 19.0 Å². The van der Waals surface area contributed by atoms with E-state index >= 15 is 0 Å². The zero-order chi connectivity index (χ0) is 41.9. The first kappa shape index (κ1) is 44.3. The van der Waals surface area contributed by atoms with Gasteiger partial charge in [0.05, 0.1) is 43.8 Å². The highest BCUT2D eigenvalue weighted by molar-refractivity contribution is 7.86. The molecule has 7 rings (SSSR count). The first-order chi connectivity index (χ1) is 28.7. The lowest BCUT2D eigenvalue weighted by molar-refractivity contribution is -0.143. The second-order valence-electron chi connectivity index (χ2n) is 13.6. The van der Waals surface area contributed by atoms with Gasteiger partial charge in [-0.2, -0.15) is 8.42 Å². The van der Waals surface area contributed by atoms with Crippen molar-refractivity contribution in [1.29, 1.82) is 0 Å². The van der Waals surface area contributed by atoms with Crippen LogP contribution in [0.4, 0.5) is 0 Å². The molecule has 0 N–H and O–H groups in total. The van der Waals surface area contributed by atoms with Gasteiger partial charge in [0.15, 0.2) is 6.04 Å². The normalized spacial score (nSPS) is 16.2. The number of aryl methyl sites for hydroxylation is 1. The molecule has 11 nitrogen and oxygen atoms in total. The molecule has 0 bridgehead atoms. The molecule has 5 aromatic carbocycles. The Bertz CT molecular complexity index is 2120. The zero-order valence-corrected chi connectivity index (χ0v) is 34.3. The summed E-state index contributed by atoms with van der Waals surface area (Å²) in [7, 11) is -0.869. The summed E-state index contributed by atoms with van der Waals surface area (Å²) in [6, 6.07) is 45.5. The van der Waals surface area contributed by atoms with E-state index in [0.29, 0.717) is 32.8 Å². The first-order valence-corrected chi connectivity index (χ1v) is 20.7. The predicted octanol–water partition coefficient (Wildman–Crippen LogP) is 7.29. The summed E-state index contributed by atoms with van der Waals surface area (Å²) in [4.78, 5) is 33.0. The highest BCUT2D eigenvalue weighted by Crippen LogP contribution is 2.23. The van der Waals surface area contributed by atoms with Crippen molar-refractivity contribution < 1.29 is 41.1 Å². The van der Waals surface area contributed by atoms with Crippen molar-refractivity contribution in [1.82, 2.24) is 0 Å². The number of hydrogen-bond acceptors (Lipinski definition) is 11. The molecule has 3 atom stereocenters. The number of nitrogens with zero attached hydrogens (tertiary/aromatic N) is 2. The SMILES string of the molecule is COC(=O)C(N=C(c1ccccc1)c1ccccc1)C1CCOC1.COC(=O)CN=C(c1ccccc1)c1ccccc1.Cc1ccc(S(=O)(=O)OC2CCOC2)cc1. The number of methoxy groups -OCH3 is 2. The number of carbonyl (C=O) groups is 2. The van der Waals surface area contributed by atoms with E-state index in [1.54, 1.807) is 24.3 Å².